The highest BCUT2D eigenvalue weighted by atomic mass is 16.5. The summed E-state index contributed by atoms with van der Waals surface area (Å²) in [7, 11) is 0. The van der Waals surface area contributed by atoms with E-state index in [4.69, 9.17) is 14.8 Å². The molecule has 0 amide bonds. The van der Waals surface area contributed by atoms with Gasteiger partial charge in [0.2, 0.25) is 0 Å². The smallest absolute Gasteiger partial charge is 0.165 e. The van der Waals surface area contributed by atoms with Gasteiger partial charge < -0.3 is 15.2 Å². The molecule has 2 heterocycles. The number of nitrogens with zero attached hydrogens (tertiary/aromatic N) is 3. The van der Waals surface area contributed by atoms with E-state index < -0.39 is 0 Å². The third kappa shape index (κ3) is 3.25. The number of hydrogen-bond acceptors (Lipinski definition) is 5. The van der Waals surface area contributed by atoms with Crippen molar-refractivity contribution in [2.45, 2.75) is 13.8 Å². The van der Waals surface area contributed by atoms with Crippen LogP contribution in [0.1, 0.15) is 11.3 Å². The minimum absolute atomic E-state index is 0.0389. The van der Waals surface area contributed by atoms with Crippen molar-refractivity contribution >= 4 is 11.5 Å². The quantitative estimate of drug-likeness (QED) is 0.653. The Morgan fingerprint density at radius 3 is 2.71 bits per heavy atom. The van der Waals surface area contributed by atoms with Crippen LogP contribution in [0.5, 0.6) is 0 Å². The molecule has 0 aliphatic carbocycles. The maximum Gasteiger partial charge on any atom is 0.165 e. The highest BCUT2D eigenvalue weighted by molar-refractivity contribution is 5.78. The zero-order chi connectivity index (χ0) is 16.9. The normalized spacial score (nSPS) is 11.1. The zero-order valence-corrected chi connectivity index (χ0v) is 14.0. The average Bonchev–Trinajstić information content (AvgIpc) is 3.02. The van der Waals surface area contributed by atoms with E-state index in [2.05, 4.69) is 22.5 Å². The van der Waals surface area contributed by atoms with Gasteiger partial charge in [0.15, 0.2) is 5.65 Å². The lowest BCUT2D eigenvalue weighted by molar-refractivity contribution is 0.0991. The van der Waals surface area contributed by atoms with Gasteiger partial charge in [-0.3, -0.25) is 0 Å². The molecular weight excluding hydrogens is 304 g/mol. The van der Waals surface area contributed by atoms with Crippen molar-refractivity contribution in [1.82, 2.24) is 14.6 Å². The fourth-order valence-electron chi connectivity index (χ4n) is 2.62. The molecule has 0 saturated heterocycles. The van der Waals surface area contributed by atoms with Crippen LogP contribution in [0.4, 0.5) is 5.82 Å². The number of ether oxygens (including phenoxy) is 1. The van der Waals surface area contributed by atoms with Gasteiger partial charge in [-0.1, -0.05) is 30.3 Å². The first-order chi connectivity index (χ1) is 11.7. The summed E-state index contributed by atoms with van der Waals surface area (Å²) in [6.07, 6.45) is 1.85. The maximum absolute atomic E-state index is 8.75. The fraction of sp³-hybridized carbons (Fsp3) is 0.333. The molecule has 2 aromatic heterocycles. The number of aryl methyl sites for hydroxylation is 1. The summed E-state index contributed by atoms with van der Waals surface area (Å²) in [4.78, 5) is 4.73. The van der Waals surface area contributed by atoms with Crippen molar-refractivity contribution in [2.24, 2.45) is 0 Å². The number of fused-ring (bicyclic) bond motifs is 1. The second kappa shape index (κ2) is 7.42. The van der Waals surface area contributed by atoms with Gasteiger partial charge in [-0.2, -0.15) is 9.61 Å². The van der Waals surface area contributed by atoms with Gasteiger partial charge in [-0.25, -0.2) is 4.98 Å². The maximum atomic E-state index is 8.75. The molecular formula is C18H22N4O2. The topological polar surface area (TPSA) is 71.7 Å². The third-order valence-corrected chi connectivity index (χ3v) is 3.99. The van der Waals surface area contributed by atoms with Crippen LogP contribution in [0, 0.1) is 13.8 Å². The first kappa shape index (κ1) is 16.4. The summed E-state index contributed by atoms with van der Waals surface area (Å²) in [5.74, 6) is 0.923. The minimum Gasteiger partial charge on any atom is -0.394 e. The van der Waals surface area contributed by atoms with Crippen LogP contribution in [-0.2, 0) is 4.74 Å². The van der Waals surface area contributed by atoms with Crippen molar-refractivity contribution < 1.29 is 9.84 Å². The van der Waals surface area contributed by atoms with Crippen LogP contribution in [0.15, 0.2) is 36.5 Å². The summed E-state index contributed by atoms with van der Waals surface area (Å²) in [6.45, 7) is 5.59. The molecule has 3 aromatic rings. The van der Waals surface area contributed by atoms with Crippen molar-refractivity contribution in [3.05, 3.63) is 47.8 Å². The standard InChI is InChI=1S/C18H22N4O2/c1-13-14(2)21-18-16(15-6-4-3-5-7-15)12-20-22(18)17(13)19-8-10-24-11-9-23/h3-7,12,19,23H,8-11H2,1-2H3. The highest BCUT2D eigenvalue weighted by Gasteiger charge is 2.14. The summed E-state index contributed by atoms with van der Waals surface area (Å²) < 4.78 is 7.15. The largest absolute Gasteiger partial charge is 0.394 e. The number of rotatable bonds is 7. The molecule has 2 N–H and O–H groups in total. The molecule has 0 unspecified atom stereocenters. The van der Waals surface area contributed by atoms with Gasteiger partial charge in [0.05, 0.1) is 26.0 Å². The second-order valence-electron chi connectivity index (χ2n) is 5.59. The number of aliphatic hydroxyl groups is 1. The lowest BCUT2D eigenvalue weighted by Crippen LogP contribution is -2.15. The van der Waals surface area contributed by atoms with Gasteiger partial charge in [0.1, 0.15) is 5.82 Å². The predicted molar refractivity (Wildman–Crippen MR) is 94.3 cm³/mol. The molecule has 126 valence electrons. The van der Waals surface area contributed by atoms with Crippen LogP contribution >= 0.6 is 0 Å². The van der Waals surface area contributed by atoms with Crippen LogP contribution in [0.2, 0.25) is 0 Å². The van der Waals surface area contributed by atoms with E-state index in [1.54, 1.807) is 0 Å². The van der Waals surface area contributed by atoms with Gasteiger partial charge in [0.25, 0.3) is 0 Å². The highest BCUT2D eigenvalue weighted by Crippen LogP contribution is 2.27. The van der Waals surface area contributed by atoms with E-state index >= 15 is 0 Å². The molecule has 0 bridgehead atoms. The molecule has 0 aliphatic heterocycles. The molecule has 0 fully saturated rings. The van der Waals surface area contributed by atoms with Gasteiger partial charge >= 0.3 is 0 Å². The molecule has 6 heteroatoms. The molecule has 3 rings (SSSR count). The number of nitrogens with one attached hydrogen (secondary N) is 1. The van der Waals surface area contributed by atoms with Crippen LogP contribution in [0.25, 0.3) is 16.8 Å². The summed E-state index contributed by atoms with van der Waals surface area (Å²) >= 11 is 0. The Balaban J connectivity index is 1.94. The molecule has 0 aliphatic rings. The number of hydrogen-bond donors (Lipinski definition) is 2. The summed E-state index contributed by atoms with van der Waals surface area (Å²) in [5.41, 5.74) is 4.98. The van der Waals surface area contributed by atoms with Crippen molar-refractivity contribution in [3.63, 3.8) is 0 Å². The minimum atomic E-state index is 0.0389. The molecule has 6 nitrogen and oxygen atoms in total. The first-order valence-corrected chi connectivity index (χ1v) is 8.05. The van der Waals surface area contributed by atoms with E-state index in [9.17, 15) is 0 Å². The third-order valence-electron chi connectivity index (χ3n) is 3.99. The molecule has 24 heavy (non-hydrogen) atoms. The number of aromatic nitrogens is 3. The van der Waals surface area contributed by atoms with E-state index in [0.717, 1.165) is 33.8 Å². The van der Waals surface area contributed by atoms with Gasteiger partial charge in [-0.15, -0.1) is 0 Å². The Hall–Kier alpha value is -2.44. The first-order valence-electron chi connectivity index (χ1n) is 8.05. The van der Waals surface area contributed by atoms with Crippen LogP contribution < -0.4 is 5.32 Å². The molecule has 0 saturated carbocycles. The summed E-state index contributed by atoms with van der Waals surface area (Å²) in [6, 6.07) is 10.1. The molecule has 0 radical (unpaired) electrons. The molecule has 1 aromatic carbocycles. The lowest BCUT2D eigenvalue weighted by atomic mass is 10.1. The Labute approximate surface area is 141 Å². The van der Waals surface area contributed by atoms with Crippen molar-refractivity contribution in [2.75, 3.05) is 31.7 Å². The van der Waals surface area contributed by atoms with Crippen molar-refractivity contribution in [1.29, 1.82) is 0 Å². The summed E-state index contributed by atoms with van der Waals surface area (Å²) in [5, 5.41) is 16.6. The van der Waals surface area contributed by atoms with Gasteiger partial charge in [0, 0.05) is 23.4 Å². The Bertz CT molecular complexity index is 815. The number of aliphatic hydroxyl groups excluding tert-OH is 1. The zero-order valence-electron chi connectivity index (χ0n) is 14.0. The van der Waals surface area contributed by atoms with Crippen molar-refractivity contribution in [3.8, 4) is 11.1 Å². The number of benzene rings is 1. The molecule has 0 atom stereocenters. The average molecular weight is 326 g/mol. The SMILES string of the molecule is Cc1nc2c(-c3ccccc3)cnn2c(NCCOCCO)c1C. The van der Waals surface area contributed by atoms with Crippen LogP contribution in [0.3, 0.4) is 0 Å². The number of anilines is 1. The van der Waals surface area contributed by atoms with E-state index in [-0.39, 0.29) is 6.61 Å². The van der Waals surface area contributed by atoms with E-state index in [0.29, 0.717) is 19.8 Å². The van der Waals surface area contributed by atoms with Gasteiger partial charge in [-0.05, 0) is 19.4 Å². The predicted octanol–water partition coefficient (Wildman–Crippen LogP) is 2.43. The Morgan fingerprint density at radius 2 is 1.96 bits per heavy atom. The second-order valence-corrected chi connectivity index (χ2v) is 5.59. The van der Waals surface area contributed by atoms with E-state index in [1.165, 1.54) is 0 Å². The van der Waals surface area contributed by atoms with Crippen LogP contribution in [-0.4, -0.2) is 46.1 Å². The Morgan fingerprint density at radius 1 is 1.17 bits per heavy atom. The lowest BCUT2D eigenvalue weighted by Gasteiger charge is -2.13. The molecule has 0 spiro atoms. The fourth-order valence-corrected chi connectivity index (χ4v) is 2.62. The monoisotopic (exact) mass is 326 g/mol. The Kier molecular flexibility index (Phi) is 5.08. The van der Waals surface area contributed by atoms with E-state index in [1.807, 2.05) is 42.8 Å².